The van der Waals surface area contributed by atoms with Gasteiger partial charge in [0.15, 0.2) is 0 Å². The van der Waals surface area contributed by atoms with Crippen LogP contribution in [0.3, 0.4) is 0 Å². The summed E-state index contributed by atoms with van der Waals surface area (Å²) in [5.41, 5.74) is 5.53. The molecule has 2 fully saturated rings. The van der Waals surface area contributed by atoms with Gasteiger partial charge in [0.2, 0.25) is 5.91 Å². The number of carbonyl (C=O) groups excluding carboxylic acids is 1. The zero-order valence-corrected chi connectivity index (χ0v) is 11.4. The van der Waals surface area contributed by atoms with Gasteiger partial charge in [-0.2, -0.15) is 0 Å². The fourth-order valence-corrected chi connectivity index (χ4v) is 2.42. The summed E-state index contributed by atoms with van der Waals surface area (Å²) < 4.78 is 5.57. The third-order valence-corrected chi connectivity index (χ3v) is 4.05. The lowest BCUT2D eigenvalue weighted by atomic mass is 10.2. The molecule has 3 atom stereocenters. The van der Waals surface area contributed by atoms with E-state index < -0.39 is 0 Å². The fourth-order valence-electron chi connectivity index (χ4n) is 2.42. The van der Waals surface area contributed by atoms with Crippen molar-refractivity contribution in [3.8, 4) is 0 Å². The van der Waals surface area contributed by atoms with Gasteiger partial charge in [0, 0.05) is 25.2 Å². The van der Waals surface area contributed by atoms with Crippen molar-refractivity contribution in [2.75, 3.05) is 20.1 Å². The molecule has 3 N–H and O–H groups in total. The molecule has 104 valence electrons. The van der Waals surface area contributed by atoms with Crippen LogP contribution in [0.5, 0.6) is 0 Å². The number of amides is 1. The average Bonchev–Trinajstić information content (AvgIpc) is 3.12. The van der Waals surface area contributed by atoms with Gasteiger partial charge in [-0.05, 0) is 39.7 Å². The molecule has 1 aliphatic heterocycles. The highest BCUT2D eigenvalue weighted by Crippen LogP contribution is 2.26. The molecule has 0 spiro atoms. The normalized spacial score (nSPS) is 29.6. The van der Waals surface area contributed by atoms with Gasteiger partial charge >= 0.3 is 0 Å². The van der Waals surface area contributed by atoms with Crippen LogP contribution in [-0.2, 0) is 9.53 Å². The number of nitrogens with zero attached hydrogens (tertiary/aromatic N) is 1. The van der Waals surface area contributed by atoms with Crippen molar-refractivity contribution < 1.29 is 9.53 Å². The van der Waals surface area contributed by atoms with E-state index in [2.05, 4.69) is 24.2 Å². The molecule has 0 aromatic carbocycles. The molecule has 1 saturated heterocycles. The van der Waals surface area contributed by atoms with E-state index in [0.29, 0.717) is 19.1 Å². The molecule has 1 heterocycles. The molecule has 0 radical (unpaired) electrons. The number of hydrogen-bond donors (Lipinski definition) is 2. The third-order valence-electron chi connectivity index (χ3n) is 4.05. The summed E-state index contributed by atoms with van der Waals surface area (Å²) in [5.74, 6) is 0.0157. The van der Waals surface area contributed by atoms with Gasteiger partial charge in [-0.15, -0.1) is 0 Å². The summed E-state index contributed by atoms with van der Waals surface area (Å²) in [5, 5.41) is 2.99. The molecule has 1 aliphatic carbocycles. The summed E-state index contributed by atoms with van der Waals surface area (Å²) in [6.45, 7) is 3.35. The summed E-state index contributed by atoms with van der Waals surface area (Å²) in [4.78, 5) is 14.3. The van der Waals surface area contributed by atoms with Crippen molar-refractivity contribution in [3.63, 3.8) is 0 Å². The van der Waals surface area contributed by atoms with Gasteiger partial charge in [0.05, 0.1) is 6.10 Å². The van der Waals surface area contributed by atoms with Gasteiger partial charge in [-0.1, -0.05) is 0 Å². The highest BCUT2D eigenvalue weighted by molar-refractivity contribution is 5.81. The van der Waals surface area contributed by atoms with Crippen molar-refractivity contribution in [1.29, 1.82) is 0 Å². The number of hydrogen-bond acceptors (Lipinski definition) is 4. The van der Waals surface area contributed by atoms with E-state index in [1.807, 2.05) is 0 Å². The van der Waals surface area contributed by atoms with E-state index in [1.165, 1.54) is 12.8 Å². The number of carbonyl (C=O) groups is 1. The van der Waals surface area contributed by atoms with Gasteiger partial charge < -0.3 is 15.8 Å². The second kappa shape index (κ2) is 5.99. The van der Waals surface area contributed by atoms with Crippen molar-refractivity contribution in [3.05, 3.63) is 0 Å². The predicted molar refractivity (Wildman–Crippen MR) is 70.2 cm³/mol. The molecule has 0 aromatic heterocycles. The number of likely N-dealkylation sites (N-methyl/N-ethyl adjacent to an activating group) is 1. The molecule has 1 unspecified atom stereocenters. The Bertz CT molecular complexity index is 294. The van der Waals surface area contributed by atoms with Crippen molar-refractivity contribution in [2.45, 2.75) is 56.9 Å². The summed E-state index contributed by atoms with van der Waals surface area (Å²) in [6, 6.07) is 1.11. The van der Waals surface area contributed by atoms with Crippen LogP contribution in [0.15, 0.2) is 0 Å². The van der Waals surface area contributed by atoms with E-state index >= 15 is 0 Å². The summed E-state index contributed by atoms with van der Waals surface area (Å²) in [7, 11) is 2.13. The lowest BCUT2D eigenvalue weighted by Gasteiger charge is -2.25. The van der Waals surface area contributed by atoms with Crippen LogP contribution >= 0.6 is 0 Å². The molecule has 2 aliphatic rings. The maximum Gasteiger partial charge on any atom is 0.249 e. The van der Waals surface area contributed by atoms with Crippen LogP contribution < -0.4 is 11.1 Å². The number of rotatable bonds is 6. The minimum absolute atomic E-state index is 0.0157. The predicted octanol–water partition coefficient (Wildman–Crippen LogP) is 0.0916. The molecule has 1 saturated carbocycles. The number of ether oxygens (including phenoxy) is 1. The SMILES string of the molecule is CC(CNC(=O)[C@@H]1CC[C@H](CN)O1)N(C)C1CC1. The van der Waals surface area contributed by atoms with Gasteiger partial charge in [0.1, 0.15) is 6.10 Å². The molecule has 5 nitrogen and oxygen atoms in total. The van der Waals surface area contributed by atoms with E-state index in [-0.39, 0.29) is 18.1 Å². The van der Waals surface area contributed by atoms with Gasteiger partial charge in [0.25, 0.3) is 0 Å². The Morgan fingerprint density at radius 2 is 2.17 bits per heavy atom. The van der Waals surface area contributed by atoms with Crippen LogP contribution in [0.2, 0.25) is 0 Å². The fraction of sp³-hybridized carbons (Fsp3) is 0.923. The smallest absolute Gasteiger partial charge is 0.249 e. The standard InChI is InChI=1S/C13H25N3O2/c1-9(16(2)10-3-4-10)8-15-13(17)12-6-5-11(7-14)18-12/h9-12H,3-8,14H2,1-2H3,(H,15,17)/t9?,11-,12+/m1/s1. The monoisotopic (exact) mass is 255 g/mol. The second-order valence-corrected chi connectivity index (χ2v) is 5.55. The Kier molecular flexibility index (Phi) is 4.59. The Morgan fingerprint density at radius 1 is 1.44 bits per heavy atom. The molecular formula is C13H25N3O2. The molecular weight excluding hydrogens is 230 g/mol. The molecule has 0 aromatic rings. The maximum atomic E-state index is 11.9. The average molecular weight is 255 g/mol. The molecule has 2 rings (SSSR count). The summed E-state index contributed by atoms with van der Waals surface area (Å²) >= 11 is 0. The van der Waals surface area contributed by atoms with Crippen LogP contribution in [0, 0.1) is 0 Å². The summed E-state index contributed by atoms with van der Waals surface area (Å²) in [6.07, 6.45) is 4.04. The molecule has 18 heavy (non-hydrogen) atoms. The largest absolute Gasteiger partial charge is 0.364 e. The lowest BCUT2D eigenvalue weighted by Crippen LogP contribution is -2.44. The first kappa shape index (κ1) is 13.8. The number of nitrogens with two attached hydrogens (primary N) is 1. The minimum Gasteiger partial charge on any atom is -0.364 e. The van der Waals surface area contributed by atoms with Gasteiger partial charge in [-0.3, -0.25) is 9.69 Å². The van der Waals surface area contributed by atoms with Crippen LogP contribution in [0.4, 0.5) is 0 Å². The molecule has 1 amide bonds. The van der Waals surface area contributed by atoms with E-state index in [4.69, 9.17) is 10.5 Å². The Labute approximate surface area is 109 Å². The zero-order chi connectivity index (χ0) is 13.1. The van der Waals surface area contributed by atoms with E-state index in [0.717, 1.165) is 18.9 Å². The first-order valence-corrected chi connectivity index (χ1v) is 6.97. The second-order valence-electron chi connectivity index (χ2n) is 5.55. The zero-order valence-electron chi connectivity index (χ0n) is 11.4. The molecule has 0 bridgehead atoms. The van der Waals surface area contributed by atoms with Crippen molar-refractivity contribution in [2.24, 2.45) is 5.73 Å². The van der Waals surface area contributed by atoms with E-state index in [9.17, 15) is 4.79 Å². The van der Waals surface area contributed by atoms with Crippen LogP contribution in [0.1, 0.15) is 32.6 Å². The minimum atomic E-state index is -0.294. The van der Waals surface area contributed by atoms with Gasteiger partial charge in [-0.25, -0.2) is 0 Å². The Morgan fingerprint density at radius 3 is 2.72 bits per heavy atom. The lowest BCUT2D eigenvalue weighted by molar-refractivity contribution is -0.132. The first-order valence-electron chi connectivity index (χ1n) is 6.97. The van der Waals surface area contributed by atoms with E-state index in [1.54, 1.807) is 0 Å². The highest BCUT2D eigenvalue weighted by atomic mass is 16.5. The maximum absolute atomic E-state index is 11.9. The number of nitrogens with one attached hydrogen (secondary N) is 1. The highest BCUT2D eigenvalue weighted by Gasteiger charge is 2.31. The van der Waals surface area contributed by atoms with Crippen molar-refractivity contribution >= 4 is 5.91 Å². The first-order chi connectivity index (χ1) is 8.61. The molecule has 5 heteroatoms. The van der Waals surface area contributed by atoms with Crippen molar-refractivity contribution in [1.82, 2.24) is 10.2 Å². The topological polar surface area (TPSA) is 67.6 Å². The third kappa shape index (κ3) is 3.43. The van der Waals surface area contributed by atoms with Crippen LogP contribution in [0.25, 0.3) is 0 Å². The Balaban J connectivity index is 1.68. The Hall–Kier alpha value is -0.650. The quantitative estimate of drug-likeness (QED) is 0.706. The van der Waals surface area contributed by atoms with Crippen LogP contribution in [-0.4, -0.2) is 55.2 Å².